The number of nitrogens with one attached hydrogen (secondary N) is 1. The summed E-state index contributed by atoms with van der Waals surface area (Å²) >= 11 is 0. The SMILES string of the molecule is Cc1cc(S(=O)(=O)N(C)C)ccc1OCC(=O)Nc1ccc(F)c(F)c1. The lowest BCUT2D eigenvalue weighted by atomic mass is 10.2. The maximum Gasteiger partial charge on any atom is 0.262 e. The summed E-state index contributed by atoms with van der Waals surface area (Å²) in [6.07, 6.45) is 0. The lowest BCUT2D eigenvalue weighted by Crippen LogP contribution is -2.22. The van der Waals surface area contributed by atoms with Crippen molar-refractivity contribution in [2.45, 2.75) is 11.8 Å². The molecule has 1 N–H and O–H groups in total. The summed E-state index contributed by atoms with van der Waals surface area (Å²) in [6.45, 7) is 1.27. The Labute approximate surface area is 150 Å². The van der Waals surface area contributed by atoms with Crippen molar-refractivity contribution >= 4 is 21.6 Å². The van der Waals surface area contributed by atoms with Crippen LogP contribution >= 0.6 is 0 Å². The molecule has 0 unspecified atom stereocenters. The first-order valence-corrected chi connectivity index (χ1v) is 8.96. The number of rotatable bonds is 6. The van der Waals surface area contributed by atoms with E-state index < -0.39 is 27.6 Å². The number of sulfonamides is 1. The van der Waals surface area contributed by atoms with E-state index in [2.05, 4.69) is 5.32 Å². The molecular formula is C17H18F2N2O4S. The van der Waals surface area contributed by atoms with Gasteiger partial charge in [-0.2, -0.15) is 0 Å². The standard InChI is InChI=1S/C17H18F2N2O4S/c1-11-8-13(26(23,24)21(2)3)5-7-16(11)25-10-17(22)20-12-4-6-14(18)15(19)9-12/h4-9H,10H2,1-3H3,(H,20,22). The molecule has 0 saturated carbocycles. The Morgan fingerprint density at radius 3 is 2.38 bits per heavy atom. The summed E-state index contributed by atoms with van der Waals surface area (Å²) in [6, 6.07) is 7.26. The summed E-state index contributed by atoms with van der Waals surface area (Å²) in [5, 5.41) is 2.38. The zero-order valence-corrected chi connectivity index (χ0v) is 15.2. The van der Waals surface area contributed by atoms with Crippen molar-refractivity contribution in [1.29, 1.82) is 0 Å². The molecule has 1 amide bonds. The number of amides is 1. The van der Waals surface area contributed by atoms with Gasteiger partial charge in [0.15, 0.2) is 18.2 Å². The van der Waals surface area contributed by atoms with Crippen molar-refractivity contribution in [1.82, 2.24) is 4.31 Å². The zero-order valence-electron chi connectivity index (χ0n) is 14.4. The van der Waals surface area contributed by atoms with Crippen molar-refractivity contribution < 1.29 is 26.7 Å². The van der Waals surface area contributed by atoms with Gasteiger partial charge in [0.05, 0.1) is 4.90 Å². The lowest BCUT2D eigenvalue weighted by Gasteiger charge is -2.14. The number of ether oxygens (including phenoxy) is 1. The molecule has 0 atom stereocenters. The van der Waals surface area contributed by atoms with Crippen LogP contribution in [0.25, 0.3) is 0 Å². The van der Waals surface area contributed by atoms with Gasteiger partial charge in [-0.05, 0) is 42.8 Å². The smallest absolute Gasteiger partial charge is 0.262 e. The van der Waals surface area contributed by atoms with Crippen LogP contribution < -0.4 is 10.1 Å². The van der Waals surface area contributed by atoms with Crippen molar-refractivity contribution in [3.05, 3.63) is 53.6 Å². The number of benzene rings is 2. The second-order valence-corrected chi connectivity index (χ2v) is 7.83. The molecule has 0 aromatic heterocycles. The molecule has 0 aliphatic carbocycles. The van der Waals surface area contributed by atoms with Crippen LogP contribution in [0, 0.1) is 18.6 Å². The van der Waals surface area contributed by atoms with Crippen molar-refractivity contribution in [2.75, 3.05) is 26.0 Å². The van der Waals surface area contributed by atoms with E-state index in [1.807, 2.05) is 0 Å². The molecule has 0 fully saturated rings. The Morgan fingerprint density at radius 2 is 1.81 bits per heavy atom. The van der Waals surface area contributed by atoms with E-state index in [9.17, 15) is 22.0 Å². The van der Waals surface area contributed by atoms with Crippen LogP contribution in [0.15, 0.2) is 41.3 Å². The Kier molecular flexibility index (Phi) is 5.94. The van der Waals surface area contributed by atoms with E-state index in [1.54, 1.807) is 6.92 Å². The average molecular weight is 384 g/mol. The second-order valence-electron chi connectivity index (χ2n) is 5.68. The molecule has 2 aromatic carbocycles. The van der Waals surface area contributed by atoms with E-state index in [1.165, 1.54) is 38.4 Å². The van der Waals surface area contributed by atoms with Crippen LogP contribution in [-0.2, 0) is 14.8 Å². The van der Waals surface area contributed by atoms with E-state index in [0.29, 0.717) is 11.3 Å². The third-order valence-electron chi connectivity index (χ3n) is 3.49. The number of aryl methyl sites for hydroxylation is 1. The van der Waals surface area contributed by atoms with Gasteiger partial charge in [0.2, 0.25) is 10.0 Å². The third-order valence-corrected chi connectivity index (χ3v) is 5.30. The molecule has 26 heavy (non-hydrogen) atoms. The number of halogens is 2. The number of hydrogen-bond donors (Lipinski definition) is 1. The summed E-state index contributed by atoms with van der Waals surface area (Å²) in [5.74, 6) is -2.32. The molecule has 0 bridgehead atoms. The molecule has 0 radical (unpaired) electrons. The molecule has 9 heteroatoms. The molecule has 0 aliphatic heterocycles. The Morgan fingerprint density at radius 1 is 1.12 bits per heavy atom. The van der Waals surface area contributed by atoms with Crippen molar-refractivity contribution in [3.63, 3.8) is 0 Å². The molecule has 0 heterocycles. The van der Waals surface area contributed by atoms with Gasteiger partial charge in [-0.3, -0.25) is 4.79 Å². The first-order valence-electron chi connectivity index (χ1n) is 7.52. The largest absolute Gasteiger partial charge is 0.483 e. The van der Waals surface area contributed by atoms with Crippen LogP contribution in [0.3, 0.4) is 0 Å². The minimum absolute atomic E-state index is 0.0987. The fourth-order valence-electron chi connectivity index (χ4n) is 2.07. The average Bonchev–Trinajstić information content (AvgIpc) is 2.56. The highest BCUT2D eigenvalue weighted by Gasteiger charge is 2.18. The van der Waals surface area contributed by atoms with Gasteiger partial charge in [0.1, 0.15) is 5.75 Å². The second kappa shape index (κ2) is 7.79. The maximum absolute atomic E-state index is 13.1. The lowest BCUT2D eigenvalue weighted by molar-refractivity contribution is -0.118. The Balaban J connectivity index is 2.03. The quantitative estimate of drug-likeness (QED) is 0.831. The highest BCUT2D eigenvalue weighted by atomic mass is 32.2. The van der Waals surface area contributed by atoms with Crippen LogP contribution in [0.5, 0.6) is 5.75 Å². The molecule has 0 saturated heterocycles. The predicted molar refractivity (Wildman–Crippen MR) is 92.5 cm³/mol. The first kappa shape index (κ1) is 19.8. The van der Waals surface area contributed by atoms with Crippen LogP contribution in [0.1, 0.15) is 5.56 Å². The number of carbonyl (C=O) groups excluding carboxylic acids is 1. The Bertz CT molecular complexity index is 930. The van der Waals surface area contributed by atoms with Gasteiger partial charge in [0, 0.05) is 25.8 Å². The van der Waals surface area contributed by atoms with Gasteiger partial charge < -0.3 is 10.1 Å². The first-order chi connectivity index (χ1) is 12.1. The van der Waals surface area contributed by atoms with Gasteiger partial charge in [-0.1, -0.05) is 0 Å². The monoisotopic (exact) mass is 384 g/mol. The summed E-state index contributed by atoms with van der Waals surface area (Å²) in [7, 11) is -0.707. The summed E-state index contributed by atoms with van der Waals surface area (Å²) in [4.78, 5) is 12.0. The van der Waals surface area contributed by atoms with Crippen LogP contribution in [0.4, 0.5) is 14.5 Å². The minimum atomic E-state index is -3.56. The maximum atomic E-state index is 13.1. The molecular weight excluding hydrogens is 366 g/mol. The van der Waals surface area contributed by atoms with Gasteiger partial charge in [0.25, 0.3) is 5.91 Å². The molecule has 2 rings (SSSR count). The van der Waals surface area contributed by atoms with Gasteiger partial charge >= 0.3 is 0 Å². The number of hydrogen-bond acceptors (Lipinski definition) is 4. The molecule has 6 nitrogen and oxygen atoms in total. The Hall–Kier alpha value is -2.52. The van der Waals surface area contributed by atoms with Crippen LogP contribution in [0.2, 0.25) is 0 Å². The molecule has 0 spiro atoms. The minimum Gasteiger partial charge on any atom is -0.483 e. The normalized spacial score (nSPS) is 11.5. The topological polar surface area (TPSA) is 75.7 Å². The van der Waals surface area contributed by atoms with Gasteiger partial charge in [-0.25, -0.2) is 21.5 Å². The van der Waals surface area contributed by atoms with E-state index in [0.717, 1.165) is 16.4 Å². The summed E-state index contributed by atoms with van der Waals surface area (Å²) < 4.78 is 56.6. The molecule has 0 aliphatic rings. The van der Waals surface area contributed by atoms with E-state index in [4.69, 9.17) is 4.74 Å². The zero-order chi connectivity index (χ0) is 19.5. The summed E-state index contributed by atoms with van der Waals surface area (Å²) in [5.41, 5.74) is 0.634. The molecule has 2 aromatic rings. The number of nitrogens with zero attached hydrogens (tertiary/aromatic N) is 1. The fourth-order valence-corrected chi connectivity index (χ4v) is 3.06. The fraction of sp³-hybridized carbons (Fsp3) is 0.235. The molecule has 140 valence electrons. The number of anilines is 1. The van der Waals surface area contributed by atoms with E-state index in [-0.39, 0.29) is 17.2 Å². The highest BCUT2D eigenvalue weighted by molar-refractivity contribution is 7.89. The predicted octanol–water partition coefficient (Wildman–Crippen LogP) is 2.54. The van der Waals surface area contributed by atoms with E-state index >= 15 is 0 Å². The third kappa shape index (κ3) is 4.55. The highest BCUT2D eigenvalue weighted by Crippen LogP contribution is 2.23. The van der Waals surface area contributed by atoms with Gasteiger partial charge in [-0.15, -0.1) is 0 Å². The van der Waals surface area contributed by atoms with Crippen molar-refractivity contribution in [3.8, 4) is 5.75 Å². The van der Waals surface area contributed by atoms with Crippen LogP contribution in [-0.4, -0.2) is 39.3 Å². The van der Waals surface area contributed by atoms with Crippen molar-refractivity contribution in [2.24, 2.45) is 0 Å². The number of carbonyl (C=O) groups is 1.